The zero-order chi connectivity index (χ0) is 24.0. The molecule has 2 unspecified atom stereocenters. The molecule has 2 N–H and O–H groups in total. The number of aromatic nitrogens is 2. The molecule has 2 aliphatic rings. The Bertz CT molecular complexity index is 1250. The van der Waals surface area contributed by atoms with E-state index in [4.69, 9.17) is 0 Å². The van der Waals surface area contributed by atoms with Crippen molar-refractivity contribution in [2.45, 2.75) is 38.2 Å². The van der Waals surface area contributed by atoms with Gasteiger partial charge in [0.15, 0.2) is 0 Å². The number of piperidine rings is 1. The van der Waals surface area contributed by atoms with E-state index in [9.17, 15) is 14.7 Å². The Morgan fingerprint density at radius 1 is 1.12 bits per heavy atom. The molecule has 0 bridgehead atoms. The zero-order valence-electron chi connectivity index (χ0n) is 19.7. The van der Waals surface area contributed by atoms with Crippen molar-refractivity contribution in [3.05, 3.63) is 65.4 Å². The van der Waals surface area contributed by atoms with Gasteiger partial charge in [-0.1, -0.05) is 36.4 Å². The summed E-state index contributed by atoms with van der Waals surface area (Å²) >= 11 is 0. The predicted molar refractivity (Wildman–Crippen MR) is 128 cm³/mol. The van der Waals surface area contributed by atoms with E-state index in [1.54, 1.807) is 4.90 Å². The first kappa shape index (κ1) is 22.5. The number of rotatable bonds is 5. The van der Waals surface area contributed by atoms with Crippen molar-refractivity contribution in [3.8, 4) is 22.4 Å². The van der Waals surface area contributed by atoms with Crippen LogP contribution in [0, 0.1) is 0 Å². The Labute approximate surface area is 198 Å². The van der Waals surface area contributed by atoms with Crippen LogP contribution in [-0.2, 0) is 29.7 Å². The first-order chi connectivity index (χ1) is 16.3. The van der Waals surface area contributed by atoms with Crippen LogP contribution in [0.1, 0.15) is 35.8 Å². The Balaban J connectivity index is 1.44. The third-order valence-electron chi connectivity index (χ3n) is 6.67. The van der Waals surface area contributed by atoms with Crippen molar-refractivity contribution >= 4 is 11.8 Å². The monoisotopic (exact) mass is 459 g/mol. The molecule has 5 rings (SSSR count). The summed E-state index contributed by atoms with van der Waals surface area (Å²) in [5.74, 6) is -0.593. The summed E-state index contributed by atoms with van der Waals surface area (Å²) in [6.07, 6.45) is 1.70. The fraction of sp³-hybridized carbons (Fsp3) is 0.346. The lowest BCUT2D eigenvalue weighted by molar-refractivity contribution is -0.141. The molecular weight excluding hydrogens is 430 g/mol. The molecule has 2 aliphatic heterocycles. The van der Waals surface area contributed by atoms with E-state index in [1.165, 1.54) is 5.56 Å². The quantitative estimate of drug-likeness (QED) is 0.570. The molecule has 0 aliphatic carbocycles. The highest BCUT2D eigenvalue weighted by atomic mass is 16.3. The molecule has 2 amide bonds. The highest BCUT2D eigenvalue weighted by molar-refractivity contribution is 6.00. The molecule has 3 heterocycles. The third kappa shape index (κ3) is 4.04. The van der Waals surface area contributed by atoms with Crippen molar-refractivity contribution < 1.29 is 14.7 Å². The highest BCUT2D eigenvalue weighted by Crippen LogP contribution is 2.39. The Hall–Kier alpha value is -3.33. The normalized spacial score (nSPS) is 20.6. The maximum absolute atomic E-state index is 12.4. The molecule has 1 aromatic heterocycles. The van der Waals surface area contributed by atoms with Crippen LogP contribution in [0.3, 0.4) is 0 Å². The first-order valence-electron chi connectivity index (χ1n) is 11.5. The molecule has 3 aromatic rings. The van der Waals surface area contributed by atoms with E-state index < -0.39 is 12.3 Å². The van der Waals surface area contributed by atoms with Crippen molar-refractivity contribution in [2.75, 3.05) is 14.1 Å². The van der Waals surface area contributed by atoms with Crippen LogP contribution in [0.4, 0.5) is 0 Å². The lowest BCUT2D eigenvalue weighted by atomic mass is 9.97. The molecule has 2 aromatic carbocycles. The minimum absolute atomic E-state index is 0.256. The number of imide groups is 1. The van der Waals surface area contributed by atoms with Crippen LogP contribution >= 0.6 is 0 Å². The minimum atomic E-state index is -0.870. The summed E-state index contributed by atoms with van der Waals surface area (Å²) in [5, 5.41) is 17.8. The number of carbonyl (C=O) groups excluding carboxylic acids is 2. The summed E-state index contributed by atoms with van der Waals surface area (Å²) in [6.45, 7) is 1.33. The molecule has 8 nitrogen and oxygen atoms in total. The molecular formula is C26H29N5O3. The van der Waals surface area contributed by atoms with E-state index in [1.807, 2.05) is 30.1 Å². The molecule has 0 spiro atoms. The standard InChI is InChI=1S/C26H29N5O3/c1-29(2)14-16-4-6-17(7-5-16)24-21(13-27-30(24)3)18-8-9-20-19(12-18)15-31(26(20)34)22-10-11-23(32)28-25(22)33/h4-9,12-13,22,26,34H,10-11,14-15H2,1-3H3,(H,28,32,33). The number of aryl methyl sites for hydroxylation is 1. The largest absolute Gasteiger partial charge is 0.374 e. The van der Waals surface area contributed by atoms with Crippen LogP contribution in [0.25, 0.3) is 22.4 Å². The Morgan fingerprint density at radius 3 is 2.56 bits per heavy atom. The number of carbonyl (C=O) groups is 2. The number of hydrogen-bond acceptors (Lipinski definition) is 6. The minimum Gasteiger partial charge on any atom is -0.374 e. The van der Waals surface area contributed by atoms with Crippen molar-refractivity contribution in [2.24, 2.45) is 7.05 Å². The van der Waals surface area contributed by atoms with Crippen LogP contribution in [0.5, 0.6) is 0 Å². The lowest BCUT2D eigenvalue weighted by Gasteiger charge is -2.31. The van der Waals surface area contributed by atoms with Crippen LogP contribution in [0.2, 0.25) is 0 Å². The number of fused-ring (bicyclic) bond motifs is 1. The summed E-state index contributed by atoms with van der Waals surface area (Å²) < 4.78 is 1.88. The predicted octanol–water partition coefficient (Wildman–Crippen LogP) is 2.43. The summed E-state index contributed by atoms with van der Waals surface area (Å²) in [7, 11) is 6.05. The fourth-order valence-electron chi connectivity index (χ4n) is 5.03. The van der Waals surface area contributed by atoms with E-state index in [0.29, 0.717) is 13.0 Å². The topological polar surface area (TPSA) is 90.7 Å². The second kappa shape index (κ2) is 8.79. The average Bonchev–Trinajstić information content (AvgIpc) is 3.34. The van der Waals surface area contributed by atoms with Gasteiger partial charge in [-0.3, -0.25) is 24.5 Å². The van der Waals surface area contributed by atoms with E-state index in [-0.39, 0.29) is 18.2 Å². The van der Waals surface area contributed by atoms with E-state index >= 15 is 0 Å². The number of hydrogen-bond donors (Lipinski definition) is 2. The highest BCUT2D eigenvalue weighted by Gasteiger charge is 2.39. The van der Waals surface area contributed by atoms with Crippen molar-refractivity contribution in [1.29, 1.82) is 0 Å². The lowest BCUT2D eigenvalue weighted by Crippen LogP contribution is -2.51. The van der Waals surface area contributed by atoms with Gasteiger partial charge in [0.05, 0.1) is 17.9 Å². The summed E-state index contributed by atoms with van der Waals surface area (Å²) in [5.41, 5.74) is 7.16. The van der Waals surface area contributed by atoms with Gasteiger partial charge in [0.2, 0.25) is 11.8 Å². The molecule has 0 saturated carbocycles. The number of aliphatic hydroxyl groups is 1. The molecule has 1 fully saturated rings. The van der Waals surface area contributed by atoms with Crippen LogP contribution in [0.15, 0.2) is 48.7 Å². The van der Waals surface area contributed by atoms with Crippen molar-refractivity contribution in [3.63, 3.8) is 0 Å². The van der Waals surface area contributed by atoms with E-state index in [0.717, 1.165) is 40.1 Å². The summed E-state index contributed by atoms with van der Waals surface area (Å²) in [6, 6.07) is 14.0. The van der Waals surface area contributed by atoms with Crippen molar-refractivity contribution in [1.82, 2.24) is 24.9 Å². The van der Waals surface area contributed by atoms with Crippen LogP contribution < -0.4 is 5.32 Å². The molecule has 1 saturated heterocycles. The second-order valence-corrected chi connectivity index (χ2v) is 9.39. The van der Waals surface area contributed by atoms with Gasteiger partial charge in [0.1, 0.15) is 6.23 Å². The number of nitrogens with zero attached hydrogens (tertiary/aromatic N) is 4. The summed E-state index contributed by atoms with van der Waals surface area (Å²) in [4.78, 5) is 27.8. The smallest absolute Gasteiger partial charge is 0.244 e. The molecule has 176 valence electrons. The molecule has 0 radical (unpaired) electrons. The molecule has 2 atom stereocenters. The van der Waals surface area contributed by atoms with Gasteiger partial charge in [-0.15, -0.1) is 0 Å². The molecule has 34 heavy (non-hydrogen) atoms. The zero-order valence-corrected chi connectivity index (χ0v) is 19.7. The number of amides is 2. The van der Waals surface area contributed by atoms with Gasteiger partial charge in [-0.05, 0) is 48.8 Å². The molecule has 8 heteroatoms. The number of nitrogens with one attached hydrogen (secondary N) is 1. The Morgan fingerprint density at radius 2 is 1.85 bits per heavy atom. The third-order valence-corrected chi connectivity index (χ3v) is 6.67. The number of benzene rings is 2. The Kier molecular flexibility index (Phi) is 5.81. The SMILES string of the molecule is CN(C)Cc1ccc(-c2c(-c3ccc4c(c3)CN(C3CCC(=O)NC3=O)C4O)cnn2C)cc1. The van der Waals surface area contributed by atoms with Gasteiger partial charge in [0.25, 0.3) is 0 Å². The van der Waals surface area contributed by atoms with Crippen LogP contribution in [-0.4, -0.2) is 56.6 Å². The maximum atomic E-state index is 12.4. The van der Waals surface area contributed by atoms with Gasteiger partial charge in [-0.25, -0.2) is 0 Å². The number of aliphatic hydroxyl groups excluding tert-OH is 1. The van der Waals surface area contributed by atoms with Gasteiger partial charge < -0.3 is 10.0 Å². The van der Waals surface area contributed by atoms with Gasteiger partial charge in [-0.2, -0.15) is 5.10 Å². The van der Waals surface area contributed by atoms with Gasteiger partial charge in [0, 0.05) is 37.7 Å². The van der Waals surface area contributed by atoms with E-state index in [2.05, 4.69) is 59.7 Å². The van der Waals surface area contributed by atoms with Gasteiger partial charge >= 0.3 is 0 Å². The second-order valence-electron chi connectivity index (χ2n) is 9.39. The average molecular weight is 460 g/mol. The maximum Gasteiger partial charge on any atom is 0.244 e. The fourth-order valence-corrected chi connectivity index (χ4v) is 5.03. The first-order valence-corrected chi connectivity index (χ1v) is 11.5.